The van der Waals surface area contributed by atoms with Gasteiger partial charge in [0.2, 0.25) is 0 Å². The molecular formula is C12H12BrN3O. The molecule has 0 aliphatic heterocycles. The van der Waals surface area contributed by atoms with Crippen LogP contribution in [0, 0.1) is 6.92 Å². The summed E-state index contributed by atoms with van der Waals surface area (Å²) in [4.78, 5) is 11.9. The largest absolute Gasteiger partial charge is 0.319 e. The van der Waals surface area contributed by atoms with E-state index in [4.69, 9.17) is 0 Å². The van der Waals surface area contributed by atoms with Crippen LogP contribution in [0.1, 0.15) is 15.9 Å². The number of carbonyl (C=O) groups is 1. The molecule has 0 unspecified atom stereocenters. The zero-order chi connectivity index (χ0) is 12.4. The summed E-state index contributed by atoms with van der Waals surface area (Å²) < 4.78 is 2.57. The van der Waals surface area contributed by atoms with Crippen molar-refractivity contribution in [2.24, 2.45) is 7.05 Å². The highest BCUT2D eigenvalue weighted by atomic mass is 79.9. The van der Waals surface area contributed by atoms with Crippen LogP contribution in [0.3, 0.4) is 0 Å². The van der Waals surface area contributed by atoms with E-state index in [9.17, 15) is 4.79 Å². The number of anilines is 1. The first kappa shape index (κ1) is 11.9. The van der Waals surface area contributed by atoms with Gasteiger partial charge in [-0.3, -0.25) is 9.48 Å². The van der Waals surface area contributed by atoms with Crippen LogP contribution < -0.4 is 5.32 Å². The van der Waals surface area contributed by atoms with Gasteiger partial charge in [0.05, 0.1) is 11.9 Å². The zero-order valence-electron chi connectivity index (χ0n) is 9.57. The molecule has 17 heavy (non-hydrogen) atoms. The molecule has 1 aromatic carbocycles. The molecule has 1 aromatic heterocycles. The lowest BCUT2D eigenvalue weighted by Crippen LogP contribution is -2.11. The van der Waals surface area contributed by atoms with E-state index in [2.05, 4.69) is 26.3 Å². The molecule has 1 heterocycles. The highest BCUT2D eigenvalue weighted by Gasteiger charge is 2.08. The van der Waals surface area contributed by atoms with E-state index in [-0.39, 0.29) is 5.91 Å². The second-order valence-corrected chi connectivity index (χ2v) is 4.68. The van der Waals surface area contributed by atoms with E-state index in [0.29, 0.717) is 11.3 Å². The van der Waals surface area contributed by atoms with Crippen LogP contribution in [-0.4, -0.2) is 15.7 Å². The maximum Gasteiger partial charge on any atom is 0.255 e. The Bertz CT molecular complexity index is 563. The second kappa shape index (κ2) is 4.71. The van der Waals surface area contributed by atoms with Gasteiger partial charge in [0.25, 0.3) is 5.91 Å². The van der Waals surface area contributed by atoms with Crippen molar-refractivity contribution in [2.45, 2.75) is 6.92 Å². The molecule has 0 aliphatic rings. The van der Waals surface area contributed by atoms with Gasteiger partial charge in [-0.05, 0) is 24.6 Å². The number of carbonyl (C=O) groups excluding carboxylic acids is 1. The van der Waals surface area contributed by atoms with Crippen LogP contribution in [0.5, 0.6) is 0 Å². The number of hydrogen-bond acceptors (Lipinski definition) is 2. The summed E-state index contributed by atoms with van der Waals surface area (Å²) in [5.41, 5.74) is 2.41. The average Bonchev–Trinajstić information content (AvgIpc) is 2.68. The number of halogens is 1. The Morgan fingerprint density at radius 2 is 2.24 bits per heavy atom. The third kappa shape index (κ3) is 2.74. The van der Waals surface area contributed by atoms with Gasteiger partial charge in [-0.1, -0.05) is 22.0 Å². The molecule has 2 aromatic rings. The first-order chi connectivity index (χ1) is 8.06. The molecular weight excluding hydrogens is 282 g/mol. The molecule has 88 valence electrons. The van der Waals surface area contributed by atoms with Crippen molar-refractivity contribution in [3.63, 3.8) is 0 Å². The van der Waals surface area contributed by atoms with Gasteiger partial charge in [-0.25, -0.2) is 0 Å². The molecule has 0 bridgehead atoms. The average molecular weight is 294 g/mol. The lowest BCUT2D eigenvalue weighted by molar-refractivity contribution is 0.102. The topological polar surface area (TPSA) is 46.9 Å². The highest BCUT2D eigenvalue weighted by molar-refractivity contribution is 9.10. The summed E-state index contributed by atoms with van der Waals surface area (Å²) in [7, 11) is 1.80. The Balaban J connectivity index is 2.17. The van der Waals surface area contributed by atoms with Gasteiger partial charge in [-0.2, -0.15) is 5.10 Å². The third-order valence-electron chi connectivity index (χ3n) is 2.40. The summed E-state index contributed by atoms with van der Waals surface area (Å²) in [6, 6.07) is 5.51. The van der Waals surface area contributed by atoms with Crippen molar-refractivity contribution >= 4 is 27.5 Å². The lowest BCUT2D eigenvalue weighted by atomic mass is 10.1. The monoisotopic (exact) mass is 293 g/mol. The normalized spacial score (nSPS) is 10.3. The van der Waals surface area contributed by atoms with Crippen LogP contribution in [0.15, 0.2) is 35.1 Å². The number of hydrogen-bond donors (Lipinski definition) is 1. The molecule has 0 atom stereocenters. The zero-order valence-corrected chi connectivity index (χ0v) is 11.2. The van der Waals surface area contributed by atoms with Gasteiger partial charge < -0.3 is 5.32 Å². The van der Waals surface area contributed by atoms with Crippen molar-refractivity contribution in [3.8, 4) is 0 Å². The van der Waals surface area contributed by atoms with Gasteiger partial charge in [0.15, 0.2) is 0 Å². The molecule has 0 radical (unpaired) electrons. The van der Waals surface area contributed by atoms with Crippen molar-refractivity contribution < 1.29 is 4.79 Å². The maximum absolute atomic E-state index is 11.9. The minimum absolute atomic E-state index is 0.140. The first-order valence-corrected chi connectivity index (χ1v) is 5.92. The number of nitrogens with zero attached hydrogens (tertiary/aromatic N) is 2. The molecule has 0 saturated carbocycles. The van der Waals surface area contributed by atoms with Crippen LogP contribution in [0.25, 0.3) is 0 Å². The third-order valence-corrected chi connectivity index (χ3v) is 3.25. The second-order valence-electron chi connectivity index (χ2n) is 3.82. The SMILES string of the molecule is Cc1ccc(C(=O)Nc2cnn(C)c2)cc1Br. The molecule has 0 aliphatic carbocycles. The van der Waals surface area contributed by atoms with E-state index in [1.165, 1.54) is 0 Å². The summed E-state index contributed by atoms with van der Waals surface area (Å²) in [5, 5.41) is 6.77. The Morgan fingerprint density at radius 1 is 1.47 bits per heavy atom. The summed E-state index contributed by atoms with van der Waals surface area (Å²) in [6.45, 7) is 1.98. The molecule has 1 amide bonds. The fourth-order valence-corrected chi connectivity index (χ4v) is 1.80. The molecule has 0 saturated heterocycles. The van der Waals surface area contributed by atoms with Gasteiger partial charge in [-0.15, -0.1) is 0 Å². The standard InChI is InChI=1S/C12H12BrN3O/c1-8-3-4-9(5-11(8)13)12(17)15-10-6-14-16(2)7-10/h3-7H,1-2H3,(H,15,17). The Hall–Kier alpha value is -1.62. The van der Waals surface area contributed by atoms with E-state index in [0.717, 1.165) is 10.0 Å². The number of aromatic nitrogens is 2. The van der Waals surface area contributed by atoms with Crippen molar-refractivity contribution in [1.29, 1.82) is 0 Å². The first-order valence-electron chi connectivity index (χ1n) is 5.12. The quantitative estimate of drug-likeness (QED) is 0.925. The minimum Gasteiger partial charge on any atom is -0.319 e. The van der Waals surface area contributed by atoms with Crippen LogP contribution in [0.4, 0.5) is 5.69 Å². The Labute approximate surface area is 108 Å². The number of nitrogens with one attached hydrogen (secondary N) is 1. The fraction of sp³-hybridized carbons (Fsp3) is 0.167. The molecule has 1 N–H and O–H groups in total. The number of aryl methyl sites for hydroxylation is 2. The summed E-state index contributed by atoms with van der Waals surface area (Å²) in [6.07, 6.45) is 3.36. The highest BCUT2D eigenvalue weighted by Crippen LogP contribution is 2.18. The molecule has 2 rings (SSSR count). The van der Waals surface area contributed by atoms with E-state index in [1.807, 2.05) is 13.0 Å². The minimum atomic E-state index is -0.140. The predicted octanol–water partition coefficient (Wildman–Crippen LogP) is 2.74. The molecule has 0 fully saturated rings. The summed E-state index contributed by atoms with van der Waals surface area (Å²) >= 11 is 3.41. The van der Waals surface area contributed by atoms with E-state index >= 15 is 0 Å². The van der Waals surface area contributed by atoms with Crippen LogP contribution in [-0.2, 0) is 7.05 Å². The van der Waals surface area contributed by atoms with Gasteiger partial charge >= 0.3 is 0 Å². The number of rotatable bonds is 2. The Kier molecular flexibility index (Phi) is 3.28. The van der Waals surface area contributed by atoms with Crippen LogP contribution >= 0.6 is 15.9 Å². The number of benzene rings is 1. The molecule has 5 heteroatoms. The van der Waals surface area contributed by atoms with Crippen LogP contribution in [0.2, 0.25) is 0 Å². The van der Waals surface area contributed by atoms with E-state index in [1.54, 1.807) is 36.3 Å². The summed E-state index contributed by atoms with van der Waals surface area (Å²) in [5.74, 6) is -0.140. The predicted molar refractivity (Wildman–Crippen MR) is 70.0 cm³/mol. The van der Waals surface area contributed by atoms with Gasteiger partial charge in [0, 0.05) is 23.3 Å². The lowest BCUT2D eigenvalue weighted by Gasteiger charge is -2.04. The number of amides is 1. The van der Waals surface area contributed by atoms with E-state index < -0.39 is 0 Å². The van der Waals surface area contributed by atoms with Crippen molar-refractivity contribution in [2.75, 3.05) is 5.32 Å². The van der Waals surface area contributed by atoms with Crippen molar-refractivity contribution in [3.05, 3.63) is 46.2 Å². The maximum atomic E-state index is 11.9. The smallest absolute Gasteiger partial charge is 0.255 e. The Morgan fingerprint density at radius 3 is 2.82 bits per heavy atom. The van der Waals surface area contributed by atoms with Crippen molar-refractivity contribution in [1.82, 2.24) is 9.78 Å². The molecule has 0 spiro atoms. The fourth-order valence-electron chi connectivity index (χ4n) is 1.42. The van der Waals surface area contributed by atoms with Gasteiger partial charge in [0.1, 0.15) is 0 Å². The molecule has 4 nitrogen and oxygen atoms in total.